The van der Waals surface area contributed by atoms with Gasteiger partial charge in [0.15, 0.2) is 0 Å². The Balaban J connectivity index is 2.69. The molecule has 116 valence electrons. The normalized spacial score (nSPS) is 35.2. The highest BCUT2D eigenvalue weighted by Crippen LogP contribution is 2.26. The lowest BCUT2D eigenvalue weighted by Crippen LogP contribution is -2.50. The van der Waals surface area contributed by atoms with Gasteiger partial charge in [-0.3, -0.25) is 0 Å². The largest absolute Gasteiger partial charge is 0.390 e. The molecule has 3 N–H and O–H groups in total. The van der Waals surface area contributed by atoms with Gasteiger partial charge in [0.05, 0.1) is 24.9 Å². The van der Waals surface area contributed by atoms with E-state index in [1.54, 1.807) is 19.3 Å². The maximum Gasteiger partial charge on any atom is 0.110 e. The number of aliphatic hydroxyl groups excluding tert-OH is 3. The molecule has 0 amide bonds. The van der Waals surface area contributed by atoms with E-state index >= 15 is 0 Å². The molecule has 0 aromatic rings. The average molecular weight is 286 g/mol. The van der Waals surface area contributed by atoms with E-state index in [0.717, 1.165) is 5.57 Å². The molecule has 0 unspecified atom stereocenters. The van der Waals surface area contributed by atoms with Gasteiger partial charge in [-0.2, -0.15) is 0 Å². The zero-order chi connectivity index (χ0) is 15.3. The number of allylic oxidation sites excluding steroid dienone is 2. The quantitative estimate of drug-likeness (QED) is 0.646. The third-order valence-electron chi connectivity index (χ3n) is 3.63. The van der Waals surface area contributed by atoms with Crippen LogP contribution in [0, 0.1) is 5.92 Å². The molecule has 0 radical (unpaired) electrons. The van der Waals surface area contributed by atoms with E-state index in [4.69, 9.17) is 14.6 Å². The van der Waals surface area contributed by atoms with Crippen molar-refractivity contribution in [2.45, 2.75) is 51.3 Å². The lowest BCUT2D eigenvalue weighted by molar-refractivity contribution is -0.158. The third-order valence-corrected chi connectivity index (χ3v) is 3.63. The maximum absolute atomic E-state index is 10.3. The van der Waals surface area contributed by atoms with Gasteiger partial charge in [-0.1, -0.05) is 25.2 Å². The Hall–Kier alpha value is -0.720. The van der Waals surface area contributed by atoms with Crippen LogP contribution in [0.3, 0.4) is 0 Å². The summed E-state index contributed by atoms with van der Waals surface area (Å²) in [6, 6.07) is 0. The van der Waals surface area contributed by atoms with Crippen LogP contribution >= 0.6 is 0 Å². The lowest BCUT2D eigenvalue weighted by atomic mass is 9.90. The Morgan fingerprint density at radius 3 is 2.60 bits per heavy atom. The summed E-state index contributed by atoms with van der Waals surface area (Å²) in [6.07, 6.45) is 1.84. The molecule has 0 bridgehead atoms. The van der Waals surface area contributed by atoms with Crippen LogP contribution in [0.1, 0.15) is 20.8 Å². The summed E-state index contributed by atoms with van der Waals surface area (Å²) in [7, 11) is 1.59. The Morgan fingerprint density at radius 1 is 1.40 bits per heavy atom. The highest BCUT2D eigenvalue weighted by Gasteiger charge is 2.38. The van der Waals surface area contributed by atoms with Crippen molar-refractivity contribution in [3.05, 3.63) is 23.8 Å². The predicted molar refractivity (Wildman–Crippen MR) is 76.3 cm³/mol. The standard InChI is InChI=1S/C15H26O5/c1-9(6-5-7-12(17)11(3)16)15-13(18)14(19-4)10(2)8-20-15/h5-7,10-18H,8H2,1-4H3/b7-5+,9-6+/t10-,11+,12+,13+,14-,15-/m0/s1. The zero-order valence-electron chi connectivity index (χ0n) is 12.6. The predicted octanol–water partition coefficient (Wildman–Crippen LogP) is 0.641. The van der Waals surface area contributed by atoms with E-state index in [1.165, 1.54) is 13.0 Å². The van der Waals surface area contributed by atoms with Crippen molar-refractivity contribution in [2.75, 3.05) is 13.7 Å². The second kappa shape index (κ2) is 7.90. The SMILES string of the molecule is CO[C@@H]1[C@@H](O)[C@H](/C(C)=C/C=C/[C@@H](O)[C@@H](C)O)OC[C@@H]1C. The molecule has 20 heavy (non-hydrogen) atoms. The van der Waals surface area contributed by atoms with Gasteiger partial charge in [0, 0.05) is 13.0 Å². The van der Waals surface area contributed by atoms with Gasteiger partial charge in [-0.15, -0.1) is 0 Å². The average Bonchev–Trinajstić information content (AvgIpc) is 2.38. The molecule has 0 aromatic heterocycles. The smallest absolute Gasteiger partial charge is 0.110 e. The number of hydrogen-bond donors (Lipinski definition) is 3. The number of rotatable bonds is 5. The monoisotopic (exact) mass is 286 g/mol. The second-order valence-electron chi connectivity index (χ2n) is 5.45. The molecule has 0 spiro atoms. The van der Waals surface area contributed by atoms with E-state index in [0.29, 0.717) is 6.61 Å². The van der Waals surface area contributed by atoms with Gasteiger partial charge in [-0.25, -0.2) is 0 Å². The van der Waals surface area contributed by atoms with E-state index in [9.17, 15) is 10.2 Å². The van der Waals surface area contributed by atoms with Crippen molar-refractivity contribution in [2.24, 2.45) is 5.92 Å². The Morgan fingerprint density at radius 2 is 2.05 bits per heavy atom. The highest BCUT2D eigenvalue weighted by atomic mass is 16.5. The molecule has 1 heterocycles. The summed E-state index contributed by atoms with van der Waals surface area (Å²) in [4.78, 5) is 0. The molecule has 6 atom stereocenters. The van der Waals surface area contributed by atoms with Gasteiger partial charge in [-0.05, 0) is 19.4 Å². The van der Waals surface area contributed by atoms with Gasteiger partial charge < -0.3 is 24.8 Å². The molecule has 5 nitrogen and oxygen atoms in total. The minimum atomic E-state index is -0.900. The number of hydrogen-bond acceptors (Lipinski definition) is 5. The first-order chi connectivity index (χ1) is 9.38. The summed E-state index contributed by atoms with van der Waals surface area (Å²) < 4.78 is 11.0. The molecule has 0 saturated carbocycles. The Bertz CT molecular complexity index is 350. The summed E-state index contributed by atoms with van der Waals surface area (Å²) >= 11 is 0. The second-order valence-corrected chi connectivity index (χ2v) is 5.45. The molecule has 1 aliphatic heterocycles. The zero-order valence-corrected chi connectivity index (χ0v) is 12.6. The highest BCUT2D eigenvalue weighted by molar-refractivity contribution is 5.18. The fourth-order valence-electron chi connectivity index (χ4n) is 2.31. The van der Waals surface area contributed by atoms with Crippen LogP contribution in [0.2, 0.25) is 0 Å². The molecule has 1 aliphatic rings. The molecule has 0 aromatic carbocycles. The maximum atomic E-state index is 10.3. The Kier molecular flexibility index (Phi) is 6.85. The van der Waals surface area contributed by atoms with Crippen molar-refractivity contribution in [3.63, 3.8) is 0 Å². The molecule has 1 fully saturated rings. The molecular formula is C15H26O5. The summed E-state index contributed by atoms with van der Waals surface area (Å²) in [5.74, 6) is 0.145. The third kappa shape index (κ3) is 4.40. The number of ether oxygens (including phenoxy) is 2. The molecule has 5 heteroatoms. The lowest BCUT2D eigenvalue weighted by Gasteiger charge is -2.38. The van der Waals surface area contributed by atoms with Crippen LogP contribution in [0.4, 0.5) is 0 Å². The van der Waals surface area contributed by atoms with E-state index in [2.05, 4.69) is 0 Å². The van der Waals surface area contributed by atoms with E-state index in [-0.39, 0.29) is 12.0 Å². The van der Waals surface area contributed by atoms with Crippen molar-refractivity contribution >= 4 is 0 Å². The van der Waals surface area contributed by atoms with Crippen LogP contribution in [0.5, 0.6) is 0 Å². The minimum Gasteiger partial charge on any atom is -0.390 e. The first-order valence-electron chi connectivity index (χ1n) is 6.92. The summed E-state index contributed by atoms with van der Waals surface area (Å²) in [5.41, 5.74) is 0.848. The fourth-order valence-corrected chi connectivity index (χ4v) is 2.31. The van der Waals surface area contributed by atoms with Crippen LogP contribution in [0.15, 0.2) is 23.8 Å². The molecule has 1 rings (SSSR count). The molecule has 0 aliphatic carbocycles. The summed E-state index contributed by atoms with van der Waals surface area (Å²) in [5, 5.41) is 28.9. The van der Waals surface area contributed by atoms with Gasteiger partial charge in [0.2, 0.25) is 0 Å². The van der Waals surface area contributed by atoms with E-state index < -0.39 is 24.4 Å². The van der Waals surface area contributed by atoms with E-state index in [1.807, 2.05) is 13.8 Å². The van der Waals surface area contributed by atoms with Crippen LogP contribution in [-0.2, 0) is 9.47 Å². The van der Waals surface area contributed by atoms with Gasteiger partial charge in [0.25, 0.3) is 0 Å². The van der Waals surface area contributed by atoms with Crippen LogP contribution in [-0.4, -0.2) is 59.6 Å². The Labute approximate surface area is 120 Å². The van der Waals surface area contributed by atoms with Crippen LogP contribution in [0.25, 0.3) is 0 Å². The summed E-state index contributed by atoms with van der Waals surface area (Å²) in [6.45, 7) is 5.89. The minimum absolute atomic E-state index is 0.145. The molecular weight excluding hydrogens is 260 g/mol. The number of methoxy groups -OCH3 is 1. The number of aliphatic hydroxyl groups is 3. The first kappa shape index (κ1) is 17.3. The van der Waals surface area contributed by atoms with Crippen molar-refractivity contribution in [1.82, 2.24) is 0 Å². The van der Waals surface area contributed by atoms with Gasteiger partial charge >= 0.3 is 0 Å². The fraction of sp³-hybridized carbons (Fsp3) is 0.733. The van der Waals surface area contributed by atoms with Gasteiger partial charge in [0.1, 0.15) is 12.2 Å². The first-order valence-corrected chi connectivity index (χ1v) is 6.92. The van der Waals surface area contributed by atoms with Crippen molar-refractivity contribution in [1.29, 1.82) is 0 Å². The topological polar surface area (TPSA) is 79.2 Å². The molecule has 1 saturated heterocycles. The van der Waals surface area contributed by atoms with Crippen LogP contribution < -0.4 is 0 Å². The van der Waals surface area contributed by atoms with Crippen molar-refractivity contribution < 1.29 is 24.8 Å². The van der Waals surface area contributed by atoms with Crippen molar-refractivity contribution in [3.8, 4) is 0 Å².